The molecule has 0 aromatic rings. The van der Waals surface area contributed by atoms with Gasteiger partial charge in [-0.1, -0.05) is 6.08 Å². The fourth-order valence-electron chi connectivity index (χ4n) is 2.32. The second kappa shape index (κ2) is 4.27. The molecular weight excluding hydrogens is 212 g/mol. The maximum atomic E-state index is 11.5. The predicted octanol–water partition coefficient (Wildman–Crippen LogP) is -0.0533. The summed E-state index contributed by atoms with van der Waals surface area (Å²) < 4.78 is 9.65. The molecule has 16 heavy (non-hydrogen) atoms. The Hall–Kier alpha value is -1.33. The molecule has 0 amide bonds. The SMILES string of the molecule is COC(=O)C1=COC(O)[C@@H]2C(CO)=CC[C@H]12. The maximum Gasteiger partial charge on any atom is 0.337 e. The molecule has 2 N–H and O–H groups in total. The van der Waals surface area contributed by atoms with Gasteiger partial charge in [0.1, 0.15) is 0 Å². The van der Waals surface area contributed by atoms with E-state index in [1.165, 1.54) is 13.4 Å². The number of carbonyl (C=O) groups excluding carboxylic acids is 1. The minimum atomic E-state index is -1.00. The fraction of sp³-hybridized carbons (Fsp3) is 0.545. The van der Waals surface area contributed by atoms with Gasteiger partial charge in [-0.2, -0.15) is 0 Å². The van der Waals surface area contributed by atoms with Crippen LogP contribution in [-0.4, -0.2) is 36.2 Å². The quantitative estimate of drug-likeness (QED) is 0.510. The first-order valence-corrected chi connectivity index (χ1v) is 5.10. The lowest BCUT2D eigenvalue weighted by atomic mass is 9.83. The van der Waals surface area contributed by atoms with Crippen LogP contribution in [0, 0.1) is 11.8 Å². The summed E-state index contributed by atoms with van der Waals surface area (Å²) in [5.74, 6) is -0.947. The van der Waals surface area contributed by atoms with Gasteiger partial charge in [-0.25, -0.2) is 4.79 Å². The van der Waals surface area contributed by atoms with Crippen LogP contribution in [0.5, 0.6) is 0 Å². The van der Waals surface area contributed by atoms with E-state index < -0.39 is 12.3 Å². The van der Waals surface area contributed by atoms with Crippen LogP contribution in [0.4, 0.5) is 0 Å². The van der Waals surface area contributed by atoms with Gasteiger partial charge in [0.15, 0.2) is 0 Å². The number of hydrogen-bond donors (Lipinski definition) is 2. The van der Waals surface area contributed by atoms with Gasteiger partial charge in [0.25, 0.3) is 0 Å². The van der Waals surface area contributed by atoms with Crippen molar-refractivity contribution in [1.29, 1.82) is 0 Å². The largest absolute Gasteiger partial charge is 0.472 e. The number of allylic oxidation sites excluding steroid dienone is 1. The minimum absolute atomic E-state index is 0.129. The molecule has 1 heterocycles. The molecule has 0 aromatic carbocycles. The van der Waals surface area contributed by atoms with Gasteiger partial charge in [0.05, 0.1) is 31.5 Å². The molecule has 2 rings (SSSR count). The summed E-state index contributed by atoms with van der Waals surface area (Å²) in [6, 6.07) is 0. The number of hydrogen-bond acceptors (Lipinski definition) is 5. The highest BCUT2D eigenvalue weighted by Crippen LogP contribution is 2.42. The average Bonchev–Trinajstić information content (AvgIpc) is 2.73. The first-order valence-electron chi connectivity index (χ1n) is 5.10. The van der Waals surface area contributed by atoms with E-state index in [2.05, 4.69) is 4.74 Å². The summed E-state index contributed by atoms with van der Waals surface area (Å²) in [5, 5.41) is 18.8. The summed E-state index contributed by atoms with van der Waals surface area (Å²) in [4.78, 5) is 11.5. The zero-order valence-electron chi connectivity index (χ0n) is 8.92. The molecule has 0 fully saturated rings. The molecule has 3 atom stereocenters. The van der Waals surface area contributed by atoms with Crippen molar-refractivity contribution in [2.45, 2.75) is 12.7 Å². The highest BCUT2D eigenvalue weighted by atomic mass is 16.6. The van der Waals surface area contributed by atoms with Crippen molar-refractivity contribution >= 4 is 5.97 Å². The maximum absolute atomic E-state index is 11.5. The zero-order chi connectivity index (χ0) is 11.7. The summed E-state index contributed by atoms with van der Waals surface area (Å²) in [6.07, 6.45) is 2.71. The fourth-order valence-corrected chi connectivity index (χ4v) is 2.32. The Bertz CT molecular complexity index is 357. The summed E-state index contributed by atoms with van der Waals surface area (Å²) in [5.41, 5.74) is 1.13. The van der Waals surface area contributed by atoms with Crippen molar-refractivity contribution in [3.8, 4) is 0 Å². The Morgan fingerprint density at radius 3 is 3.06 bits per heavy atom. The lowest BCUT2D eigenvalue weighted by Crippen LogP contribution is -2.35. The number of methoxy groups -OCH3 is 1. The lowest BCUT2D eigenvalue weighted by molar-refractivity contribution is -0.141. The molecule has 1 aliphatic carbocycles. The van der Waals surface area contributed by atoms with E-state index in [4.69, 9.17) is 9.84 Å². The topological polar surface area (TPSA) is 76.0 Å². The first kappa shape index (κ1) is 11.2. The molecule has 5 heteroatoms. The molecule has 1 aliphatic heterocycles. The molecule has 88 valence electrons. The van der Waals surface area contributed by atoms with Crippen molar-refractivity contribution in [1.82, 2.24) is 0 Å². The average molecular weight is 226 g/mol. The van der Waals surface area contributed by atoms with Gasteiger partial charge in [-0.3, -0.25) is 0 Å². The minimum Gasteiger partial charge on any atom is -0.472 e. The number of rotatable bonds is 2. The van der Waals surface area contributed by atoms with Crippen LogP contribution in [-0.2, 0) is 14.3 Å². The Labute approximate surface area is 93.0 Å². The van der Waals surface area contributed by atoms with E-state index >= 15 is 0 Å². The van der Waals surface area contributed by atoms with Crippen molar-refractivity contribution in [2.75, 3.05) is 13.7 Å². The van der Waals surface area contributed by atoms with Gasteiger partial charge in [-0.15, -0.1) is 0 Å². The molecule has 0 saturated carbocycles. The summed E-state index contributed by atoms with van der Waals surface area (Å²) >= 11 is 0. The number of carbonyl (C=O) groups is 1. The van der Waals surface area contributed by atoms with Gasteiger partial charge in [0.2, 0.25) is 6.29 Å². The number of esters is 1. The lowest BCUT2D eigenvalue weighted by Gasteiger charge is -2.31. The van der Waals surface area contributed by atoms with E-state index in [0.717, 1.165) is 0 Å². The molecule has 0 saturated heterocycles. The van der Waals surface area contributed by atoms with Crippen LogP contribution in [0.3, 0.4) is 0 Å². The predicted molar refractivity (Wildman–Crippen MR) is 54.0 cm³/mol. The third-order valence-corrected chi connectivity index (χ3v) is 3.14. The number of ether oxygens (including phenoxy) is 2. The van der Waals surface area contributed by atoms with Gasteiger partial charge in [0, 0.05) is 5.92 Å². The monoisotopic (exact) mass is 226 g/mol. The molecule has 0 spiro atoms. The standard InChI is InChI=1S/C11H14O5/c1-15-10(13)8-5-16-11(14)9-6(4-12)2-3-7(8)9/h2,5,7,9,11-12,14H,3-4H2,1H3/t7-,9-,11?/m1/s1. The van der Waals surface area contributed by atoms with Gasteiger partial charge >= 0.3 is 5.97 Å². The summed E-state index contributed by atoms with van der Waals surface area (Å²) in [6.45, 7) is -0.129. The van der Waals surface area contributed by atoms with E-state index in [9.17, 15) is 9.90 Å². The highest BCUT2D eigenvalue weighted by molar-refractivity contribution is 5.89. The third kappa shape index (κ3) is 1.62. The van der Waals surface area contributed by atoms with E-state index in [1.54, 1.807) is 0 Å². The van der Waals surface area contributed by atoms with E-state index in [1.807, 2.05) is 6.08 Å². The molecule has 0 bridgehead atoms. The normalized spacial score (nSPS) is 32.3. The number of fused-ring (bicyclic) bond motifs is 1. The van der Waals surface area contributed by atoms with Crippen molar-refractivity contribution in [2.24, 2.45) is 11.8 Å². The molecule has 0 aromatic heterocycles. The Morgan fingerprint density at radius 1 is 1.69 bits per heavy atom. The van der Waals surface area contributed by atoms with Crippen LogP contribution in [0.15, 0.2) is 23.5 Å². The Kier molecular flexibility index (Phi) is 2.98. The molecule has 0 radical (unpaired) electrons. The van der Waals surface area contributed by atoms with Crippen LogP contribution < -0.4 is 0 Å². The van der Waals surface area contributed by atoms with E-state index in [0.29, 0.717) is 17.6 Å². The molecule has 2 aliphatic rings. The summed E-state index contributed by atoms with van der Waals surface area (Å²) in [7, 11) is 1.30. The van der Waals surface area contributed by atoms with Crippen molar-refractivity contribution < 1.29 is 24.5 Å². The smallest absolute Gasteiger partial charge is 0.337 e. The number of aliphatic hydroxyl groups excluding tert-OH is 2. The molecule has 1 unspecified atom stereocenters. The highest BCUT2D eigenvalue weighted by Gasteiger charge is 2.43. The Morgan fingerprint density at radius 2 is 2.44 bits per heavy atom. The van der Waals surface area contributed by atoms with E-state index in [-0.39, 0.29) is 18.4 Å². The second-order valence-corrected chi connectivity index (χ2v) is 3.90. The van der Waals surface area contributed by atoms with Crippen LogP contribution in [0.1, 0.15) is 6.42 Å². The second-order valence-electron chi connectivity index (χ2n) is 3.90. The number of aliphatic hydroxyl groups is 2. The zero-order valence-corrected chi connectivity index (χ0v) is 8.92. The first-order chi connectivity index (χ1) is 7.69. The third-order valence-electron chi connectivity index (χ3n) is 3.14. The van der Waals surface area contributed by atoms with Gasteiger partial charge in [-0.05, 0) is 12.0 Å². The van der Waals surface area contributed by atoms with Crippen molar-refractivity contribution in [3.63, 3.8) is 0 Å². The van der Waals surface area contributed by atoms with Crippen LogP contribution >= 0.6 is 0 Å². The van der Waals surface area contributed by atoms with Crippen LogP contribution in [0.25, 0.3) is 0 Å². The molecular formula is C11H14O5. The van der Waals surface area contributed by atoms with Gasteiger partial charge < -0.3 is 19.7 Å². The molecule has 5 nitrogen and oxygen atoms in total. The van der Waals surface area contributed by atoms with Crippen LogP contribution in [0.2, 0.25) is 0 Å². The Balaban J connectivity index is 2.26. The van der Waals surface area contributed by atoms with Crippen molar-refractivity contribution in [3.05, 3.63) is 23.5 Å².